The molecule has 0 aliphatic heterocycles. The summed E-state index contributed by atoms with van der Waals surface area (Å²) in [4.78, 5) is 11.9. The number of rotatable bonds is 7. The van der Waals surface area contributed by atoms with Gasteiger partial charge in [-0.3, -0.25) is 4.79 Å². The minimum Gasteiger partial charge on any atom is -0.495 e. The van der Waals surface area contributed by atoms with Gasteiger partial charge in [-0.15, -0.1) is 0 Å². The van der Waals surface area contributed by atoms with E-state index in [4.69, 9.17) is 4.74 Å². The lowest BCUT2D eigenvalue weighted by atomic mass is 10.0. The Morgan fingerprint density at radius 2 is 1.87 bits per heavy atom. The van der Waals surface area contributed by atoms with Crippen molar-refractivity contribution in [3.8, 4) is 5.75 Å². The Hall–Kier alpha value is -2.53. The maximum absolute atomic E-state index is 11.9. The van der Waals surface area contributed by atoms with Crippen molar-refractivity contribution in [1.82, 2.24) is 5.32 Å². The SMILES string of the molecule is COc1ccccc1NCC(=O)NC[C@@H](O)c1ccccc1C. The van der Waals surface area contributed by atoms with Crippen molar-refractivity contribution in [3.05, 3.63) is 59.7 Å². The standard InChI is InChI=1S/C18H22N2O3/c1-13-7-3-4-8-14(13)16(21)11-20-18(22)12-19-15-9-5-6-10-17(15)23-2/h3-10,16,19,21H,11-12H2,1-2H3,(H,20,22)/t16-/m1/s1. The van der Waals surface area contributed by atoms with Crippen LogP contribution in [-0.4, -0.2) is 31.2 Å². The van der Waals surface area contributed by atoms with Crippen LogP contribution in [0.2, 0.25) is 0 Å². The van der Waals surface area contributed by atoms with E-state index in [1.165, 1.54) is 0 Å². The molecule has 2 aromatic rings. The zero-order chi connectivity index (χ0) is 16.7. The Balaban J connectivity index is 1.82. The number of carbonyl (C=O) groups excluding carboxylic acids is 1. The van der Waals surface area contributed by atoms with Gasteiger partial charge in [0, 0.05) is 6.54 Å². The molecule has 0 fully saturated rings. The third-order valence-electron chi connectivity index (χ3n) is 3.59. The van der Waals surface area contributed by atoms with E-state index in [0.29, 0.717) is 5.75 Å². The van der Waals surface area contributed by atoms with E-state index in [0.717, 1.165) is 16.8 Å². The molecule has 5 heteroatoms. The number of aliphatic hydroxyl groups excluding tert-OH is 1. The smallest absolute Gasteiger partial charge is 0.239 e. The lowest BCUT2D eigenvalue weighted by Gasteiger charge is -2.15. The second-order valence-electron chi connectivity index (χ2n) is 5.23. The lowest BCUT2D eigenvalue weighted by molar-refractivity contribution is -0.119. The van der Waals surface area contributed by atoms with E-state index in [1.807, 2.05) is 55.5 Å². The molecular formula is C18H22N2O3. The fourth-order valence-electron chi connectivity index (χ4n) is 2.31. The summed E-state index contributed by atoms with van der Waals surface area (Å²) in [6.45, 7) is 2.22. The molecule has 0 saturated carbocycles. The summed E-state index contributed by atoms with van der Waals surface area (Å²) in [5, 5.41) is 15.9. The highest BCUT2D eigenvalue weighted by molar-refractivity contribution is 5.81. The van der Waals surface area contributed by atoms with Gasteiger partial charge >= 0.3 is 0 Å². The zero-order valence-electron chi connectivity index (χ0n) is 13.4. The molecule has 1 atom stereocenters. The van der Waals surface area contributed by atoms with Gasteiger partial charge in [-0.05, 0) is 30.2 Å². The van der Waals surface area contributed by atoms with Gasteiger partial charge in [-0.2, -0.15) is 0 Å². The highest BCUT2D eigenvalue weighted by Crippen LogP contribution is 2.22. The molecule has 0 radical (unpaired) electrons. The van der Waals surface area contributed by atoms with E-state index in [1.54, 1.807) is 7.11 Å². The number of ether oxygens (including phenoxy) is 1. The van der Waals surface area contributed by atoms with Crippen LogP contribution in [0.5, 0.6) is 5.75 Å². The molecule has 0 spiro atoms. The summed E-state index contributed by atoms with van der Waals surface area (Å²) in [7, 11) is 1.58. The fourth-order valence-corrected chi connectivity index (χ4v) is 2.31. The van der Waals surface area contributed by atoms with Gasteiger partial charge in [0.25, 0.3) is 0 Å². The molecule has 1 amide bonds. The molecule has 3 N–H and O–H groups in total. The molecular weight excluding hydrogens is 292 g/mol. The predicted molar refractivity (Wildman–Crippen MR) is 90.6 cm³/mol. The van der Waals surface area contributed by atoms with E-state index in [9.17, 15) is 9.90 Å². The summed E-state index contributed by atoms with van der Waals surface area (Å²) in [5.74, 6) is 0.490. The number of anilines is 1. The van der Waals surface area contributed by atoms with Gasteiger partial charge in [0.1, 0.15) is 5.75 Å². The molecule has 0 aliphatic rings. The van der Waals surface area contributed by atoms with Crippen LogP contribution in [0.3, 0.4) is 0 Å². The number of hydrogen-bond acceptors (Lipinski definition) is 4. The Kier molecular flexibility index (Phi) is 6.00. The zero-order valence-corrected chi connectivity index (χ0v) is 13.4. The molecule has 0 aromatic heterocycles. The quantitative estimate of drug-likeness (QED) is 0.733. The van der Waals surface area contributed by atoms with Gasteiger partial charge in [0.15, 0.2) is 0 Å². The molecule has 0 saturated heterocycles. The number of methoxy groups -OCH3 is 1. The minimum atomic E-state index is -0.716. The third kappa shape index (κ3) is 4.72. The Labute approximate surface area is 136 Å². The molecule has 0 heterocycles. The average Bonchev–Trinajstić information content (AvgIpc) is 2.58. The monoisotopic (exact) mass is 314 g/mol. The molecule has 0 bridgehead atoms. The fraction of sp³-hybridized carbons (Fsp3) is 0.278. The number of aryl methyl sites for hydroxylation is 1. The van der Waals surface area contributed by atoms with Crippen molar-refractivity contribution in [1.29, 1.82) is 0 Å². The van der Waals surface area contributed by atoms with Gasteiger partial charge in [-0.1, -0.05) is 36.4 Å². The summed E-state index contributed by atoms with van der Waals surface area (Å²) in [6.07, 6.45) is -0.716. The first-order valence-corrected chi connectivity index (χ1v) is 7.49. The third-order valence-corrected chi connectivity index (χ3v) is 3.59. The first-order valence-electron chi connectivity index (χ1n) is 7.49. The van der Waals surface area contributed by atoms with Crippen LogP contribution >= 0.6 is 0 Å². The van der Waals surface area contributed by atoms with Crippen LogP contribution in [0.1, 0.15) is 17.2 Å². The predicted octanol–water partition coefficient (Wildman–Crippen LogP) is 2.27. The molecule has 0 aliphatic carbocycles. The van der Waals surface area contributed by atoms with E-state index in [2.05, 4.69) is 10.6 Å². The second-order valence-corrected chi connectivity index (χ2v) is 5.23. The summed E-state index contributed by atoms with van der Waals surface area (Å²) in [6, 6.07) is 15.0. The first kappa shape index (κ1) is 16.8. The van der Waals surface area contributed by atoms with Gasteiger partial charge < -0.3 is 20.5 Å². The van der Waals surface area contributed by atoms with E-state index in [-0.39, 0.29) is 19.0 Å². The number of carbonyl (C=O) groups is 1. The summed E-state index contributed by atoms with van der Waals surface area (Å²) >= 11 is 0. The number of benzene rings is 2. The van der Waals surface area contributed by atoms with E-state index < -0.39 is 6.10 Å². The molecule has 2 aromatic carbocycles. The van der Waals surface area contributed by atoms with E-state index >= 15 is 0 Å². The summed E-state index contributed by atoms with van der Waals surface area (Å²) < 4.78 is 5.21. The van der Waals surface area contributed by atoms with Crippen molar-refractivity contribution >= 4 is 11.6 Å². The van der Waals surface area contributed by atoms with Crippen LogP contribution in [0.4, 0.5) is 5.69 Å². The van der Waals surface area contributed by atoms with Crippen LogP contribution in [0, 0.1) is 6.92 Å². The Bertz CT molecular complexity index is 658. The highest BCUT2D eigenvalue weighted by Gasteiger charge is 2.11. The highest BCUT2D eigenvalue weighted by atomic mass is 16.5. The topological polar surface area (TPSA) is 70.6 Å². The normalized spacial score (nSPS) is 11.6. The minimum absolute atomic E-state index is 0.112. The van der Waals surface area contributed by atoms with Gasteiger partial charge in [0.2, 0.25) is 5.91 Å². The molecule has 0 unspecified atom stereocenters. The second kappa shape index (κ2) is 8.19. The maximum atomic E-state index is 11.9. The number of para-hydroxylation sites is 2. The Morgan fingerprint density at radius 1 is 1.17 bits per heavy atom. The largest absolute Gasteiger partial charge is 0.495 e. The molecule has 23 heavy (non-hydrogen) atoms. The maximum Gasteiger partial charge on any atom is 0.239 e. The molecule has 122 valence electrons. The Morgan fingerprint density at radius 3 is 2.61 bits per heavy atom. The van der Waals surface area contributed by atoms with Crippen molar-refractivity contribution in [2.75, 3.05) is 25.5 Å². The average molecular weight is 314 g/mol. The van der Waals surface area contributed by atoms with Crippen molar-refractivity contribution in [3.63, 3.8) is 0 Å². The lowest BCUT2D eigenvalue weighted by Crippen LogP contribution is -2.33. The van der Waals surface area contributed by atoms with Crippen LogP contribution in [0.25, 0.3) is 0 Å². The number of amides is 1. The van der Waals surface area contributed by atoms with Crippen molar-refractivity contribution in [2.45, 2.75) is 13.0 Å². The molecule has 5 nitrogen and oxygen atoms in total. The van der Waals surface area contributed by atoms with Crippen molar-refractivity contribution < 1.29 is 14.6 Å². The number of aliphatic hydroxyl groups is 1. The van der Waals surface area contributed by atoms with Gasteiger partial charge in [0.05, 0.1) is 25.4 Å². The van der Waals surface area contributed by atoms with Crippen LogP contribution < -0.4 is 15.4 Å². The number of hydrogen-bond donors (Lipinski definition) is 3. The molecule has 2 rings (SSSR count). The summed E-state index contributed by atoms with van der Waals surface area (Å²) in [5.41, 5.74) is 2.58. The van der Waals surface area contributed by atoms with Crippen LogP contribution in [-0.2, 0) is 4.79 Å². The van der Waals surface area contributed by atoms with Gasteiger partial charge in [-0.25, -0.2) is 0 Å². The van der Waals surface area contributed by atoms with Crippen molar-refractivity contribution in [2.24, 2.45) is 0 Å². The van der Waals surface area contributed by atoms with Crippen LogP contribution in [0.15, 0.2) is 48.5 Å². The number of nitrogens with one attached hydrogen (secondary N) is 2. The first-order chi connectivity index (χ1) is 11.1.